The van der Waals surface area contributed by atoms with E-state index in [4.69, 9.17) is 10.5 Å². The summed E-state index contributed by atoms with van der Waals surface area (Å²) in [6.45, 7) is 4.78. The summed E-state index contributed by atoms with van der Waals surface area (Å²) < 4.78 is 5.34. The highest BCUT2D eigenvalue weighted by Crippen LogP contribution is 2.01. The number of nitrogens with two attached hydrogens (primary N) is 1. The molecule has 2 N–H and O–H groups in total. The van der Waals surface area contributed by atoms with Gasteiger partial charge in [0.25, 0.3) is 0 Å². The van der Waals surface area contributed by atoms with Crippen LogP contribution in [0.4, 0.5) is 0 Å². The Kier molecular flexibility index (Phi) is 3.77. The Labute approximate surface area is 73.3 Å². The van der Waals surface area contributed by atoms with E-state index in [1.165, 1.54) is 0 Å². The zero-order valence-electron chi connectivity index (χ0n) is 7.07. The summed E-state index contributed by atoms with van der Waals surface area (Å²) in [6, 6.07) is 9.99. The third kappa shape index (κ3) is 3.03. The molecule has 0 fully saturated rings. The molecule has 65 valence electrons. The average molecular weight is 164 g/mol. The van der Waals surface area contributed by atoms with Gasteiger partial charge in [0.2, 0.25) is 0 Å². The zero-order chi connectivity index (χ0) is 8.81. The quantitative estimate of drug-likeness (QED) is 0.729. The van der Waals surface area contributed by atoms with E-state index in [1.807, 2.05) is 30.3 Å². The van der Waals surface area contributed by atoms with Gasteiger partial charge in [0.15, 0.2) is 0 Å². The van der Waals surface area contributed by atoms with Crippen molar-refractivity contribution in [3.8, 4) is 0 Å². The van der Waals surface area contributed by atoms with Crippen LogP contribution in [-0.4, -0.2) is 12.6 Å². The lowest BCUT2D eigenvalue weighted by molar-refractivity contribution is 0.0757. The van der Waals surface area contributed by atoms with E-state index >= 15 is 0 Å². The summed E-state index contributed by atoms with van der Waals surface area (Å²) in [5.74, 6) is 0. The minimum Gasteiger partial charge on any atom is -0.372 e. The van der Waals surface area contributed by atoms with Crippen LogP contribution in [0.1, 0.15) is 5.56 Å². The molecule has 1 rings (SSSR count). The van der Waals surface area contributed by atoms with Gasteiger partial charge in [-0.3, -0.25) is 0 Å². The highest BCUT2D eigenvalue weighted by atomic mass is 16.5. The van der Waals surface area contributed by atoms with Gasteiger partial charge >= 0.3 is 0 Å². The summed E-state index contributed by atoms with van der Waals surface area (Å²) in [5.41, 5.74) is 6.50. The summed E-state index contributed by atoms with van der Waals surface area (Å²) >= 11 is 0. The molecule has 1 atom stereocenters. The molecule has 12 heavy (non-hydrogen) atoms. The summed E-state index contributed by atoms with van der Waals surface area (Å²) in [6.07, 6.45) is -0.106. The molecule has 1 radical (unpaired) electrons. The molecule has 0 saturated heterocycles. The van der Waals surface area contributed by atoms with Crippen molar-refractivity contribution in [3.05, 3.63) is 42.8 Å². The first-order valence-electron chi connectivity index (χ1n) is 4.01. The van der Waals surface area contributed by atoms with Gasteiger partial charge in [0.1, 0.15) is 0 Å². The Balaban J connectivity index is 2.33. The molecule has 0 aliphatic carbocycles. The second-order valence-electron chi connectivity index (χ2n) is 2.65. The number of rotatable bonds is 4. The molecule has 0 amide bonds. The summed E-state index contributed by atoms with van der Waals surface area (Å²) in [5, 5.41) is 0. The predicted molar refractivity (Wildman–Crippen MR) is 49.4 cm³/mol. The first-order chi connectivity index (χ1) is 5.83. The van der Waals surface area contributed by atoms with Crippen LogP contribution in [0.3, 0.4) is 0 Å². The highest BCUT2D eigenvalue weighted by Gasteiger charge is 1.98. The SMILES string of the molecule is [CH2]C(CN)OCc1ccccc1. The van der Waals surface area contributed by atoms with Crippen LogP contribution in [0, 0.1) is 6.92 Å². The first kappa shape index (κ1) is 9.23. The molecule has 0 spiro atoms. The van der Waals surface area contributed by atoms with E-state index in [-0.39, 0.29) is 6.10 Å². The third-order valence-corrected chi connectivity index (χ3v) is 1.59. The Hall–Kier alpha value is -0.860. The van der Waals surface area contributed by atoms with Crippen molar-refractivity contribution in [3.63, 3.8) is 0 Å². The van der Waals surface area contributed by atoms with Crippen LogP contribution in [0.25, 0.3) is 0 Å². The molecule has 0 aromatic heterocycles. The Bertz CT molecular complexity index is 210. The number of hydrogen-bond acceptors (Lipinski definition) is 2. The van der Waals surface area contributed by atoms with E-state index in [2.05, 4.69) is 6.92 Å². The number of hydrogen-bond donors (Lipinski definition) is 1. The van der Waals surface area contributed by atoms with E-state index in [0.717, 1.165) is 5.56 Å². The molecule has 0 bridgehead atoms. The second-order valence-corrected chi connectivity index (χ2v) is 2.65. The van der Waals surface area contributed by atoms with Crippen molar-refractivity contribution in [2.75, 3.05) is 6.54 Å². The topological polar surface area (TPSA) is 35.2 Å². The van der Waals surface area contributed by atoms with Gasteiger partial charge < -0.3 is 10.5 Å². The fraction of sp³-hybridized carbons (Fsp3) is 0.300. The molecule has 1 unspecified atom stereocenters. The zero-order valence-corrected chi connectivity index (χ0v) is 7.07. The normalized spacial score (nSPS) is 12.8. The van der Waals surface area contributed by atoms with Gasteiger partial charge in [-0.1, -0.05) is 30.3 Å². The molecule has 2 nitrogen and oxygen atoms in total. The fourth-order valence-electron chi connectivity index (χ4n) is 0.856. The van der Waals surface area contributed by atoms with Crippen LogP contribution in [0.2, 0.25) is 0 Å². The predicted octanol–water partition coefficient (Wildman–Crippen LogP) is 1.36. The van der Waals surface area contributed by atoms with Crippen molar-refractivity contribution in [1.82, 2.24) is 0 Å². The van der Waals surface area contributed by atoms with E-state index < -0.39 is 0 Å². The monoisotopic (exact) mass is 164 g/mol. The Morgan fingerprint density at radius 3 is 2.58 bits per heavy atom. The summed E-state index contributed by atoms with van der Waals surface area (Å²) in [7, 11) is 0. The van der Waals surface area contributed by atoms with Crippen LogP contribution in [0.15, 0.2) is 30.3 Å². The lowest BCUT2D eigenvalue weighted by Gasteiger charge is -2.09. The lowest BCUT2D eigenvalue weighted by atomic mass is 10.2. The van der Waals surface area contributed by atoms with Gasteiger partial charge in [-0.15, -0.1) is 0 Å². The van der Waals surface area contributed by atoms with Gasteiger partial charge in [-0.25, -0.2) is 0 Å². The molecule has 0 saturated carbocycles. The van der Waals surface area contributed by atoms with Gasteiger partial charge in [0.05, 0.1) is 12.7 Å². The maximum Gasteiger partial charge on any atom is 0.0721 e. The molecule has 2 heteroatoms. The van der Waals surface area contributed by atoms with E-state index in [1.54, 1.807) is 0 Å². The van der Waals surface area contributed by atoms with Crippen molar-refractivity contribution in [1.29, 1.82) is 0 Å². The highest BCUT2D eigenvalue weighted by molar-refractivity contribution is 5.13. The Morgan fingerprint density at radius 2 is 2.00 bits per heavy atom. The van der Waals surface area contributed by atoms with E-state index in [9.17, 15) is 0 Å². The fourth-order valence-corrected chi connectivity index (χ4v) is 0.856. The van der Waals surface area contributed by atoms with Crippen LogP contribution in [-0.2, 0) is 11.3 Å². The Morgan fingerprint density at radius 1 is 1.33 bits per heavy atom. The van der Waals surface area contributed by atoms with Crippen molar-refractivity contribution >= 4 is 0 Å². The van der Waals surface area contributed by atoms with E-state index in [0.29, 0.717) is 13.2 Å². The second kappa shape index (κ2) is 4.91. The largest absolute Gasteiger partial charge is 0.372 e. The van der Waals surface area contributed by atoms with Crippen LogP contribution < -0.4 is 5.73 Å². The van der Waals surface area contributed by atoms with Gasteiger partial charge in [0, 0.05) is 6.54 Å². The van der Waals surface area contributed by atoms with Gasteiger partial charge in [-0.05, 0) is 12.5 Å². The van der Waals surface area contributed by atoms with Crippen molar-refractivity contribution in [2.45, 2.75) is 12.7 Å². The molecule has 0 aliphatic heterocycles. The smallest absolute Gasteiger partial charge is 0.0721 e. The first-order valence-corrected chi connectivity index (χ1v) is 4.01. The minimum absolute atomic E-state index is 0.106. The molecule has 1 aromatic rings. The number of benzene rings is 1. The average Bonchev–Trinajstić information content (AvgIpc) is 2.16. The van der Waals surface area contributed by atoms with Crippen molar-refractivity contribution < 1.29 is 4.74 Å². The minimum atomic E-state index is -0.106. The number of ether oxygens (including phenoxy) is 1. The maximum atomic E-state index is 5.35. The lowest BCUT2D eigenvalue weighted by Crippen LogP contribution is -2.19. The molecule has 0 aliphatic rings. The van der Waals surface area contributed by atoms with Crippen LogP contribution >= 0.6 is 0 Å². The standard InChI is InChI=1S/C10H14NO/c1-9(7-11)12-8-10-5-3-2-4-6-10/h2-6,9H,1,7-8,11H2. The van der Waals surface area contributed by atoms with Crippen molar-refractivity contribution in [2.24, 2.45) is 5.73 Å². The summed E-state index contributed by atoms with van der Waals surface area (Å²) in [4.78, 5) is 0. The molecular weight excluding hydrogens is 150 g/mol. The third-order valence-electron chi connectivity index (χ3n) is 1.59. The molecule has 0 heterocycles. The molecule has 1 aromatic carbocycles. The van der Waals surface area contributed by atoms with Crippen LogP contribution in [0.5, 0.6) is 0 Å². The van der Waals surface area contributed by atoms with Gasteiger partial charge in [-0.2, -0.15) is 0 Å². The maximum absolute atomic E-state index is 5.35. The molecular formula is C10H14NO.